The number of fused-ring (bicyclic) bond motifs is 14. The van der Waals surface area contributed by atoms with E-state index in [0.717, 1.165) is 11.3 Å². The van der Waals surface area contributed by atoms with Gasteiger partial charge in [0.25, 0.3) is 11.7 Å². The van der Waals surface area contributed by atoms with Gasteiger partial charge in [-0.1, -0.05) is 58.1 Å². The van der Waals surface area contributed by atoms with Crippen molar-refractivity contribution < 1.29 is 63.6 Å². The van der Waals surface area contributed by atoms with E-state index in [-0.39, 0.29) is 56.6 Å². The lowest BCUT2D eigenvalue weighted by atomic mass is 9.78. The van der Waals surface area contributed by atoms with Crippen LogP contribution in [0.3, 0.4) is 0 Å². The van der Waals surface area contributed by atoms with Crippen molar-refractivity contribution in [2.75, 3.05) is 32.6 Å². The molecule has 2 unspecified atom stereocenters. The molecule has 17 heteroatoms. The average Bonchev–Trinajstić information content (AvgIpc) is 3.57. The number of aliphatic hydroxyl groups excluding tert-OH is 2. The number of esters is 1. The minimum Gasteiger partial charge on any atom is -0.507 e. The van der Waals surface area contributed by atoms with Gasteiger partial charge in [-0.25, -0.2) is 0 Å². The number of hydrogen-bond acceptors (Lipinski definition) is 16. The van der Waals surface area contributed by atoms with E-state index in [1.54, 1.807) is 47.0 Å². The number of rotatable bonds is 7. The highest BCUT2D eigenvalue weighted by Crippen LogP contribution is 2.55. The van der Waals surface area contributed by atoms with Gasteiger partial charge in [-0.3, -0.25) is 24.3 Å². The summed E-state index contributed by atoms with van der Waals surface area (Å²) in [6, 6.07) is 7.59. The first-order valence-electron chi connectivity index (χ1n) is 23.3. The van der Waals surface area contributed by atoms with Crippen LogP contribution in [0.4, 0.5) is 5.69 Å². The number of benzene rings is 3. The second-order valence-corrected chi connectivity index (χ2v) is 19.0. The Hall–Kier alpha value is -6.14. The quantitative estimate of drug-likeness (QED) is 0.0627. The zero-order valence-corrected chi connectivity index (χ0v) is 41.5. The van der Waals surface area contributed by atoms with Crippen LogP contribution in [0.5, 0.6) is 28.7 Å². The summed E-state index contributed by atoms with van der Waals surface area (Å²) in [5.41, 5.74) is 0.652. The maximum Gasteiger partial charge on any atom is 0.312 e. The first-order valence-corrected chi connectivity index (χ1v) is 23.3. The van der Waals surface area contributed by atoms with Crippen LogP contribution >= 0.6 is 0 Å². The summed E-state index contributed by atoms with van der Waals surface area (Å²) < 4.78 is 29.2. The number of allylic oxidation sites excluding steroid dienone is 2. The highest BCUT2D eigenvalue weighted by Gasteiger charge is 2.50. The number of ether oxygens (including phenoxy) is 5. The lowest BCUT2D eigenvalue weighted by Crippen LogP contribution is -2.54. The molecule has 4 aliphatic heterocycles. The summed E-state index contributed by atoms with van der Waals surface area (Å²) in [4.78, 5) is 43.4. The minimum absolute atomic E-state index is 0.0439. The predicted molar refractivity (Wildman–Crippen MR) is 260 cm³/mol. The smallest absolute Gasteiger partial charge is 0.312 e. The molecule has 4 aliphatic rings. The Morgan fingerprint density at radius 1 is 0.928 bits per heavy atom. The highest BCUT2D eigenvalue weighted by molar-refractivity contribution is 6.23. The summed E-state index contributed by atoms with van der Waals surface area (Å²) in [5, 5.41) is 68.2. The van der Waals surface area contributed by atoms with Gasteiger partial charge in [0.05, 0.1) is 72.2 Å². The van der Waals surface area contributed by atoms with Crippen LogP contribution in [-0.4, -0.2) is 129 Å². The van der Waals surface area contributed by atoms with Crippen molar-refractivity contribution in [3.63, 3.8) is 0 Å². The van der Waals surface area contributed by atoms with Crippen molar-refractivity contribution >= 4 is 40.3 Å². The van der Waals surface area contributed by atoms with Crippen LogP contribution in [-0.2, 0) is 30.3 Å². The van der Waals surface area contributed by atoms with Crippen molar-refractivity contribution in [1.82, 2.24) is 9.91 Å². The summed E-state index contributed by atoms with van der Waals surface area (Å²) >= 11 is 0. The normalized spacial score (nSPS) is 31.2. The van der Waals surface area contributed by atoms with Gasteiger partial charge in [0.1, 0.15) is 29.1 Å². The second-order valence-electron chi connectivity index (χ2n) is 19.0. The molecular weight excluding hydrogens is 889 g/mol. The molecule has 1 amide bonds. The number of piperazine rings is 1. The van der Waals surface area contributed by atoms with Crippen molar-refractivity contribution in [2.45, 2.75) is 118 Å². The number of aliphatic hydroxyl groups is 2. The summed E-state index contributed by atoms with van der Waals surface area (Å²) in [7, 11) is 3.07. The van der Waals surface area contributed by atoms with Gasteiger partial charge in [0.2, 0.25) is 0 Å². The topological polar surface area (TPSA) is 229 Å². The molecule has 0 spiro atoms. The van der Waals surface area contributed by atoms with Crippen molar-refractivity contribution in [3.05, 3.63) is 82.7 Å². The monoisotopic (exact) mass is 956 g/mol. The van der Waals surface area contributed by atoms with Crippen molar-refractivity contribution in [1.29, 1.82) is 0 Å². The molecule has 1 fully saturated rings. The fourth-order valence-electron chi connectivity index (χ4n) is 9.81. The Kier molecular flexibility index (Phi) is 16.1. The Morgan fingerprint density at radius 2 is 1.61 bits per heavy atom. The molecule has 69 heavy (non-hydrogen) atoms. The molecule has 6 N–H and O–H groups in total. The zero-order chi connectivity index (χ0) is 50.8. The lowest BCUT2D eigenvalue weighted by Gasteiger charge is -2.42. The minimum atomic E-state index is -2.07. The number of anilines is 1. The van der Waals surface area contributed by atoms with E-state index < -0.39 is 88.8 Å². The summed E-state index contributed by atoms with van der Waals surface area (Å²) in [6.45, 7) is 18.5. The van der Waals surface area contributed by atoms with Crippen molar-refractivity contribution in [2.24, 2.45) is 28.8 Å². The van der Waals surface area contributed by atoms with Crippen LogP contribution in [0.1, 0.15) is 89.4 Å². The molecule has 374 valence electrons. The number of nitrogens with one attached hydrogen (secondary N) is 1. The lowest BCUT2D eigenvalue weighted by molar-refractivity contribution is -0.160. The maximum absolute atomic E-state index is 14.7. The third kappa shape index (κ3) is 10.6. The standard InChI is InChI=1S/C52H68N4O13/c1-26-15-13-16-27(2)51(64)54-42-37(22-53-56-28(3)23-55(24-29(56)4)25-35-17-14-18-36(21-35)65-11)46(61)39-40(47(42)62)45(60)33(8)49-41(39)50(63)52(10,69-49)67-20-19-38(66-12)30(5)48(68-34(9)57)32(7)44(59)31(6)43(26)58/h13-22,26,28-32,38,43-44,48,58-62H,23-25H2,1-12H3,(H,54,64)/b15-13+,20-19+,27-16-,53-22+/t26-,28?,29?,30+,31+,32+,38-,43-,44+,48+,52-/m0/s1. The molecule has 0 aromatic heterocycles. The third-order valence-corrected chi connectivity index (χ3v) is 13.8. The number of Topliss-reactive ketones (excluding diaryl/α,β-unsaturated/α-hetero) is 1. The van der Waals surface area contributed by atoms with Gasteiger partial charge in [-0.15, -0.1) is 0 Å². The van der Waals surface area contributed by atoms with E-state index in [2.05, 4.69) is 10.2 Å². The van der Waals surface area contributed by atoms with E-state index in [4.69, 9.17) is 28.8 Å². The maximum atomic E-state index is 14.7. The summed E-state index contributed by atoms with van der Waals surface area (Å²) in [5.74, 6) is -7.77. The molecule has 5 bridgehead atoms. The van der Waals surface area contributed by atoms with Crippen molar-refractivity contribution in [3.8, 4) is 28.7 Å². The number of phenols is 3. The van der Waals surface area contributed by atoms with Crippen LogP contribution in [0.2, 0.25) is 0 Å². The number of carbonyl (C=O) groups is 3. The number of hydrazone groups is 1. The Balaban J connectivity index is 1.47. The van der Waals surface area contributed by atoms with E-state index in [0.29, 0.717) is 19.6 Å². The molecule has 7 rings (SSSR count). The Labute approximate surface area is 403 Å². The Bertz CT molecular complexity index is 2540. The van der Waals surface area contributed by atoms with Gasteiger partial charge in [0.15, 0.2) is 5.75 Å². The number of nitrogens with zero attached hydrogens (tertiary/aromatic N) is 3. The fourth-order valence-corrected chi connectivity index (χ4v) is 9.81. The SMILES string of the molecule is COc1cccc(CN2CC(C)N(/N=C/c3c4c(O)c5c(O)c(C)c6c(c5c3O)C(=O)[C@@](C)(O/C=C/[C@H](OC)[C@@H](C)[C@@H](OC(C)=O)[C@H](C)[C@H](O)[C@H](C)[C@@H](O)[C@@H](C)/C=C/C=C(/C)C(=O)N4)O6)C(C)C2)c1. The molecular formula is C52H68N4O13. The molecule has 3 aromatic rings. The molecule has 17 nitrogen and oxygen atoms in total. The fraction of sp³-hybridized carbons (Fsp3) is 0.500. The number of hydrogen-bond donors (Lipinski definition) is 6. The highest BCUT2D eigenvalue weighted by atomic mass is 16.7. The van der Waals surface area contributed by atoms with E-state index in [9.17, 15) is 39.9 Å². The molecule has 0 aliphatic carbocycles. The number of amides is 1. The molecule has 0 saturated carbocycles. The number of carbonyl (C=O) groups excluding carboxylic acids is 3. The van der Waals surface area contributed by atoms with Crippen LogP contribution in [0.15, 0.2) is 65.5 Å². The van der Waals surface area contributed by atoms with Crippen LogP contribution < -0.4 is 14.8 Å². The number of aromatic hydroxyl groups is 3. The third-order valence-electron chi connectivity index (χ3n) is 13.8. The second kappa shape index (κ2) is 21.2. The van der Waals surface area contributed by atoms with Gasteiger partial charge >= 0.3 is 11.8 Å². The van der Waals surface area contributed by atoms with Crippen LogP contribution in [0, 0.1) is 30.6 Å². The van der Waals surface area contributed by atoms with Gasteiger partial charge in [-0.2, -0.15) is 5.10 Å². The number of methoxy groups -OCH3 is 2. The van der Waals surface area contributed by atoms with E-state index in [1.807, 2.05) is 43.1 Å². The molecule has 0 radical (unpaired) electrons. The summed E-state index contributed by atoms with van der Waals surface area (Å²) in [6.07, 6.45) is 4.84. The first-order chi connectivity index (χ1) is 32.5. The van der Waals surface area contributed by atoms with E-state index in [1.165, 1.54) is 59.4 Å². The largest absolute Gasteiger partial charge is 0.507 e. The molecule has 4 heterocycles. The first kappa shape index (κ1) is 52.2. The molecule has 3 aromatic carbocycles. The van der Waals surface area contributed by atoms with Gasteiger partial charge in [0, 0.05) is 80.8 Å². The molecule has 11 atom stereocenters. The predicted octanol–water partition coefficient (Wildman–Crippen LogP) is 6.69. The van der Waals surface area contributed by atoms with Gasteiger partial charge in [-0.05, 0) is 51.5 Å². The van der Waals surface area contributed by atoms with Gasteiger partial charge < -0.3 is 54.5 Å². The Morgan fingerprint density at radius 3 is 2.25 bits per heavy atom. The number of phenolic OH excluding ortho intramolecular Hbond substituents is 3. The van der Waals surface area contributed by atoms with Crippen LogP contribution in [0.25, 0.3) is 10.8 Å². The zero-order valence-electron chi connectivity index (χ0n) is 41.5. The average molecular weight is 957 g/mol. The number of ketones is 1. The molecule has 1 saturated heterocycles. The van der Waals surface area contributed by atoms with E-state index >= 15 is 0 Å².